The fraction of sp³-hybridized carbons (Fsp3) is 0.800. The first kappa shape index (κ1) is 12.9. The number of carbonyl (C=O) groups excluding carboxylic acids is 2. The van der Waals surface area contributed by atoms with Crippen molar-refractivity contribution in [2.45, 2.75) is 26.7 Å². The summed E-state index contributed by atoms with van der Waals surface area (Å²) in [5.74, 6) is -0.828. The molecule has 0 radical (unpaired) electrons. The van der Waals surface area contributed by atoms with Gasteiger partial charge in [0.1, 0.15) is 0 Å². The van der Waals surface area contributed by atoms with E-state index in [2.05, 4.69) is 0 Å². The molecule has 0 bridgehead atoms. The largest absolute Gasteiger partial charge is 0.341 e. The van der Waals surface area contributed by atoms with Crippen molar-refractivity contribution in [1.29, 1.82) is 0 Å². The second-order valence-corrected chi connectivity index (χ2v) is 3.49. The second kappa shape index (κ2) is 6.40. The highest BCUT2D eigenvalue weighted by Crippen LogP contribution is 1.97. The van der Waals surface area contributed by atoms with Crippen LogP contribution in [0.5, 0.6) is 0 Å². The molecule has 82 valence electrons. The van der Waals surface area contributed by atoms with Gasteiger partial charge in [-0.1, -0.05) is 13.8 Å². The molecule has 0 saturated heterocycles. The molecule has 4 nitrogen and oxygen atoms in total. The smallest absolute Gasteiger partial charge is 0.312 e. The third kappa shape index (κ3) is 3.77. The van der Waals surface area contributed by atoms with Gasteiger partial charge in [0.2, 0.25) is 0 Å². The molecule has 2 amide bonds. The minimum atomic E-state index is -0.438. The zero-order valence-corrected chi connectivity index (χ0v) is 9.54. The SMILES string of the molecule is CCCN(CCC)C(=O)C(=O)N(C)C. The summed E-state index contributed by atoms with van der Waals surface area (Å²) in [6, 6.07) is 0. The second-order valence-electron chi connectivity index (χ2n) is 3.49. The van der Waals surface area contributed by atoms with Gasteiger partial charge in [-0.2, -0.15) is 0 Å². The van der Waals surface area contributed by atoms with Crippen LogP contribution in [0.1, 0.15) is 26.7 Å². The van der Waals surface area contributed by atoms with E-state index >= 15 is 0 Å². The van der Waals surface area contributed by atoms with Gasteiger partial charge >= 0.3 is 11.8 Å². The highest BCUT2D eigenvalue weighted by Gasteiger charge is 2.21. The molecule has 0 rings (SSSR count). The molecule has 0 N–H and O–H groups in total. The highest BCUT2D eigenvalue weighted by molar-refractivity contribution is 6.34. The Balaban J connectivity index is 4.34. The number of nitrogens with zero attached hydrogens (tertiary/aromatic N) is 2. The first-order valence-corrected chi connectivity index (χ1v) is 5.05. The van der Waals surface area contributed by atoms with E-state index < -0.39 is 11.8 Å². The van der Waals surface area contributed by atoms with Gasteiger partial charge < -0.3 is 9.80 Å². The molecule has 0 aliphatic carbocycles. The zero-order valence-electron chi connectivity index (χ0n) is 9.54. The predicted molar refractivity (Wildman–Crippen MR) is 55.9 cm³/mol. The van der Waals surface area contributed by atoms with Crippen molar-refractivity contribution in [2.75, 3.05) is 27.2 Å². The van der Waals surface area contributed by atoms with Crippen LogP contribution in [0, 0.1) is 0 Å². The molecule has 0 aliphatic rings. The molecule has 0 aromatic rings. The Morgan fingerprint density at radius 3 is 1.64 bits per heavy atom. The van der Waals surface area contributed by atoms with Crippen LogP contribution in [0.2, 0.25) is 0 Å². The fourth-order valence-electron chi connectivity index (χ4n) is 1.18. The van der Waals surface area contributed by atoms with Crippen molar-refractivity contribution in [1.82, 2.24) is 9.80 Å². The van der Waals surface area contributed by atoms with Gasteiger partial charge in [-0.15, -0.1) is 0 Å². The van der Waals surface area contributed by atoms with E-state index in [1.165, 1.54) is 4.90 Å². The van der Waals surface area contributed by atoms with Gasteiger partial charge in [-0.05, 0) is 12.8 Å². The van der Waals surface area contributed by atoms with E-state index in [4.69, 9.17) is 0 Å². The molecule has 0 unspecified atom stereocenters. The van der Waals surface area contributed by atoms with E-state index in [0.717, 1.165) is 12.8 Å². The average Bonchev–Trinajstić information content (AvgIpc) is 2.15. The van der Waals surface area contributed by atoms with Crippen LogP contribution in [0.15, 0.2) is 0 Å². The maximum absolute atomic E-state index is 11.6. The monoisotopic (exact) mass is 200 g/mol. The summed E-state index contributed by atoms with van der Waals surface area (Å²) in [6.07, 6.45) is 1.76. The van der Waals surface area contributed by atoms with Crippen LogP contribution < -0.4 is 0 Å². The van der Waals surface area contributed by atoms with Crippen molar-refractivity contribution in [3.8, 4) is 0 Å². The minimum absolute atomic E-state index is 0.390. The number of amides is 2. The van der Waals surface area contributed by atoms with Crippen molar-refractivity contribution in [3.05, 3.63) is 0 Å². The molecular formula is C10H20N2O2. The normalized spacial score (nSPS) is 9.71. The lowest BCUT2D eigenvalue weighted by Gasteiger charge is -2.22. The highest BCUT2D eigenvalue weighted by atomic mass is 16.2. The van der Waals surface area contributed by atoms with Crippen LogP contribution in [-0.2, 0) is 9.59 Å². The first-order valence-electron chi connectivity index (χ1n) is 5.05. The lowest BCUT2D eigenvalue weighted by molar-refractivity contribution is -0.150. The zero-order chi connectivity index (χ0) is 11.1. The summed E-state index contributed by atoms with van der Waals surface area (Å²) in [5, 5.41) is 0. The molecule has 0 fully saturated rings. The Kier molecular flexibility index (Phi) is 5.92. The molecule has 0 aromatic carbocycles. The van der Waals surface area contributed by atoms with Gasteiger partial charge in [-0.25, -0.2) is 0 Å². The molecule has 0 spiro atoms. The molecule has 0 aromatic heterocycles. The van der Waals surface area contributed by atoms with Crippen molar-refractivity contribution >= 4 is 11.8 Å². The van der Waals surface area contributed by atoms with Crippen LogP contribution in [0.4, 0.5) is 0 Å². The minimum Gasteiger partial charge on any atom is -0.341 e. The van der Waals surface area contributed by atoms with E-state index in [0.29, 0.717) is 13.1 Å². The van der Waals surface area contributed by atoms with E-state index in [9.17, 15) is 9.59 Å². The van der Waals surface area contributed by atoms with Crippen molar-refractivity contribution in [3.63, 3.8) is 0 Å². The molecular weight excluding hydrogens is 180 g/mol. The summed E-state index contributed by atoms with van der Waals surface area (Å²) >= 11 is 0. The van der Waals surface area contributed by atoms with Gasteiger partial charge in [0.05, 0.1) is 0 Å². The maximum atomic E-state index is 11.6. The quantitative estimate of drug-likeness (QED) is 0.627. The van der Waals surface area contributed by atoms with Crippen LogP contribution in [0.3, 0.4) is 0 Å². The summed E-state index contributed by atoms with van der Waals surface area (Å²) in [4.78, 5) is 25.9. The Morgan fingerprint density at radius 1 is 0.929 bits per heavy atom. The van der Waals surface area contributed by atoms with E-state index in [1.54, 1.807) is 19.0 Å². The Hall–Kier alpha value is -1.06. The lowest BCUT2D eigenvalue weighted by Crippen LogP contribution is -2.43. The van der Waals surface area contributed by atoms with Gasteiger partial charge in [0.25, 0.3) is 0 Å². The Morgan fingerprint density at radius 2 is 1.36 bits per heavy atom. The van der Waals surface area contributed by atoms with Gasteiger partial charge in [0.15, 0.2) is 0 Å². The number of carbonyl (C=O) groups is 2. The maximum Gasteiger partial charge on any atom is 0.312 e. The number of rotatable bonds is 4. The third-order valence-electron chi connectivity index (χ3n) is 1.86. The van der Waals surface area contributed by atoms with Crippen LogP contribution >= 0.6 is 0 Å². The average molecular weight is 200 g/mol. The van der Waals surface area contributed by atoms with Crippen LogP contribution in [-0.4, -0.2) is 48.8 Å². The number of hydrogen-bond acceptors (Lipinski definition) is 2. The summed E-state index contributed by atoms with van der Waals surface area (Å²) in [7, 11) is 3.19. The Bertz CT molecular complexity index is 196. The number of hydrogen-bond donors (Lipinski definition) is 0. The molecule has 0 saturated carbocycles. The Labute approximate surface area is 85.9 Å². The summed E-state index contributed by atoms with van der Waals surface area (Å²) in [6.45, 7) is 5.31. The predicted octanol–water partition coefficient (Wildman–Crippen LogP) is 0.723. The summed E-state index contributed by atoms with van der Waals surface area (Å²) in [5.41, 5.74) is 0. The van der Waals surface area contributed by atoms with Gasteiger partial charge in [0, 0.05) is 27.2 Å². The van der Waals surface area contributed by atoms with E-state index in [1.807, 2.05) is 13.8 Å². The van der Waals surface area contributed by atoms with Crippen molar-refractivity contribution in [2.24, 2.45) is 0 Å². The molecule has 0 aliphatic heterocycles. The standard InChI is InChI=1S/C10H20N2O2/c1-5-7-12(8-6-2)10(14)9(13)11(3)4/h5-8H2,1-4H3. The topological polar surface area (TPSA) is 40.6 Å². The van der Waals surface area contributed by atoms with Crippen molar-refractivity contribution < 1.29 is 9.59 Å². The molecule has 14 heavy (non-hydrogen) atoms. The van der Waals surface area contributed by atoms with Gasteiger partial charge in [-0.3, -0.25) is 9.59 Å². The fourth-order valence-corrected chi connectivity index (χ4v) is 1.18. The summed E-state index contributed by atoms with van der Waals surface area (Å²) < 4.78 is 0. The lowest BCUT2D eigenvalue weighted by atomic mass is 10.3. The molecule has 0 heterocycles. The van der Waals surface area contributed by atoms with Crippen LogP contribution in [0.25, 0.3) is 0 Å². The molecule has 4 heteroatoms. The third-order valence-corrected chi connectivity index (χ3v) is 1.86. The number of likely N-dealkylation sites (N-methyl/N-ethyl adjacent to an activating group) is 1. The first-order chi connectivity index (χ1) is 6.54. The molecule has 0 atom stereocenters. The van der Waals surface area contributed by atoms with E-state index in [-0.39, 0.29) is 0 Å².